The van der Waals surface area contributed by atoms with Crippen LogP contribution in [0.5, 0.6) is 17.2 Å². The number of carbonyl (C=O) groups excluding carboxylic acids is 1. The van der Waals surface area contributed by atoms with Crippen LogP contribution in [0.4, 0.5) is 4.39 Å². The van der Waals surface area contributed by atoms with Gasteiger partial charge in [0, 0.05) is 47.2 Å². The summed E-state index contributed by atoms with van der Waals surface area (Å²) in [5, 5.41) is 13.7. The van der Waals surface area contributed by atoms with Crippen LogP contribution in [0, 0.1) is 5.82 Å². The SMILES string of the molecule is CCCOc1ccc(C(=O)CCC(O)c2nccc(-c3csc4c(F)cccc34)c2OCOC)cc1OC. The van der Waals surface area contributed by atoms with E-state index in [1.807, 2.05) is 18.4 Å². The van der Waals surface area contributed by atoms with Crippen molar-refractivity contribution in [1.29, 1.82) is 0 Å². The fraction of sp³-hybridized carbons (Fsp3) is 0.310. The summed E-state index contributed by atoms with van der Waals surface area (Å²) in [6, 6.07) is 11.7. The second-order valence-electron chi connectivity index (χ2n) is 8.58. The third-order valence-electron chi connectivity index (χ3n) is 6.00. The number of halogens is 1. The molecule has 0 spiro atoms. The van der Waals surface area contributed by atoms with Gasteiger partial charge in [-0.15, -0.1) is 11.3 Å². The lowest BCUT2D eigenvalue weighted by atomic mass is 9.99. The molecule has 0 aliphatic heterocycles. The van der Waals surface area contributed by atoms with Crippen molar-refractivity contribution in [3.05, 3.63) is 71.1 Å². The Morgan fingerprint density at radius 2 is 1.95 bits per heavy atom. The van der Waals surface area contributed by atoms with E-state index in [9.17, 15) is 14.3 Å². The van der Waals surface area contributed by atoms with Crippen LogP contribution in [-0.2, 0) is 4.74 Å². The number of carbonyl (C=O) groups is 1. The molecule has 2 aromatic carbocycles. The Balaban J connectivity index is 1.57. The van der Waals surface area contributed by atoms with Gasteiger partial charge in [-0.05, 0) is 43.2 Å². The van der Waals surface area contributed by atoms with Crippen molar-refractivity contribution in [3.8, 4) is 28.4 Å². The third-order valence-corrected chi connectivity index (χ3v) is 7.01. The number of ketones is 1. The molecule has 0 saturated carbocycles. The van der Waals surface area contributed by atoms with Crippen molar-refractivity contribution in [2.45, 2.75) is 32.3 Å². The van der Waals surface area contributed by atoms with E-state index in [4.69, 9.17) is 18.9 Å². The molecule has 1 N–H and O–H groups in total. The number of ether oxygens (including phenoxy) is 4. The van der Waals surface area contributed by atoms with E-state index in [1.54, 1.807) is 36.5 Å². The first-order valence-corrected chi connectivity index (χ1v) is 13.1. The van der Waals surface area contributed by atoms with Gasteiger partial charge in [-0.3, -0.25) is 9.78 Å². The van der Waals surface area contributed by atoms with Gasteiger partial charge >= 0.3 is 0 Å². The van der Waals surface area contributed by atoms with Crippen molar-refractivity contribution >= 4 is 27.2 Å². The normalized spacial score (nSPS) is 11.9. The standard InChI is InChI=1S/C29H30FNO6S/c1-4-14-36-25-11-8-18(15-26(25)35-3)23(32)9-10-24(33)27-28(37-17-34-2)19(12-13-31-27)21-16-38-29-20(21)6-5-7-22(29)30/h5-8,11-13,15-16,24,33H,4,9-10,14,17H2,1-3H3. The van der Waals surface area contributed by atoms with Crippen LogP contribution in [0.1, 0.15) is 48.3 Å². The largest absolute Gasteiger partial charge is 0.493 e. The highest BCUT2D eigenvalue weighted by Crippen LogP contribution is 2.42. The Hall–Kier alpha value is -3.53. The predicted molar refractivity (Wildman–Crippen MR) is 145 cm³/mol. The Kier molecular flexibility index (Phi) is 9.28. The summed E-state index contributed by atoms with van der Waals surface area (Å²) in [7, 11) is 3.02. The molecule has 9 heteroatoms. The Morgan fingerprint density at radius 3 is 2.71 bits per heavy atom. The van der Waals surface area contributed by atoms with Crippen molar-refractivity contribution in [2.24, 2.45) is 0 Å². The summed E-state index contributed by atoms with van der Waals surface area (Å²) in [4.78, 5) is 17.3. The lowest BCUT2D eigenvalue weighted by Gasteiger charge is -2.18. The fourth-order valence-corrected chi connectivity index (χ4v) is 5.11. The molecular weight excluding hydrogens is 509 g/mol. The maximum absolute atomic E-state index is 14.3. The molecule has 2 aromatic heterocycles. The number of thiophene rings is 1. The zero-order valence-electron chi connectivity index (χ0n) is 21.5. The third kappa shape index (κ3) is 5.96. The highest BCUT2D eigenvalue weighted by atomic mass is 32.1. The molecule has 4 aromatic rings. The van der Waals surface area contributed by atoms with Crippen LogP contribution in [0.2, 0.25) is 0 Å². The Bertz CT molecular complexity index is 1410. The number of aliphatic hydroxyl groups is 1. The number of methoxy groups -OCH3 is 2. The molecule has 7 nitrogen and oxygen atoms in total. The van der Waals surface area contributed by atoms with Gasteiger partial charge in [-0.25, -0.2) is 4.39 Å². The zero-order chi connectivity index (χ0) is 27.1. The van der Waals surface area contributed by atoms with Crippen molar-refractivity contribution in [2.75, 3.05) is 27.6 Å². The first-order chi connectivity index (χ1) is 18.5. The molecule has 0 radical (unpaired) electrons. The minimum atomic E-state index is -1.08. The van der Waals surface area contributed by atoms with Gasteiger partial charge in [0.1, 0.15) is 17.6 Å². The number of benzene rings is 2. The number of hydrogen-bond acceptors (Lipinski definition) is 8. The minimum Gasteiger partial charge on any atom is -0.493 e. The Morgan fingerprint density at radius 1 is 1.11 bits per heavy atom. The summed E-state index contributed by atoms with van der Waals surface area (Å²) < 4.78 is 36.9. The van der Waals surface area contributed by atoms with E-state index >= 15 is 0 Å². The first kappa shape index (κ1) is 27.5. The van der Waals surface area contributed by atoms with E-state index in [-0.39, 0.29) is 36.9 Å². The number of aromatic nitrogens is 1. The molecule has 0 fully saturated rings. The number of hydrogen-bond donors (Lipinski definition) is 1. The maximum Gasteiger partial charge on any atom is 0.188 e. The molecule has 2 heterocycles. The molecule has 200 valence electrons. The number of pyridine rings is 1. The van der Waals surface area contributed by atoms with Gasteiger partial charge in [0.15, 0.2) is 29.8 Å². The van der Waals surface area contributed by atoms with Gasteiger partial charge < -0.3 is 24.1 Å². The van der Waals surface area contributed by atoms with Gasteiger partial charge in [0.25, 0.3) is 0 Å². The fourth-order valence-electron chi connectivity index (χ4n) is 4.14. The predicted octanol–water partition coefficient (Wildman–Crippen LogP) is 6.58. The van der Waals surface area contributed by atoms with E-state index in [2.05, 4.69) is 4.98 Å². The van der Waals surface area contributed by atoms with Gasteiger partial charge in [-0.1, -0.05) is 19.1 Å². The highest BCUT2D eigenvalue weighted by Gasteiger charge is 2.23. The van der Waals surface area contributed by atoms with Crippen LogP contribution in [0.25, 0.3) is 21.2 Å². The topological polar surface area (TPSA) is 87.1 Å². The number of rotatable bonds is 13. The molecule has 1 atom stereocenters. The average Bonchev–Trinajstić information content (AvgIpc) is 3.38. The molecule has 0 saturated heterocycles. The van der Waals surface area contributed by atoms with E-state index < -0.39 is 6.10 Å². The van der Waals surface area contributed by atoms with Crippen molar-refractivity contribution < 1.29 is 33.2 Å². The van der Waals surface area contributed by atoms with Gasteiger partial charge in [0.2, 0.25) is 0 Å². The summed E-state index contributed by atoms with van der Waals surface area (Å²) in [5.74, 6) is 0.936. The lowest BCUT2D eigenvalue weighted by Crippen LogP contribution is -2.10. The second kappa shape index (κ2) is 12.8. The van der Waals surface area contributed by atoms with Crippen LogP contribution < -0.4 is 14.2 Å². The monoisotopic (exact) mass is 539 g/mol. The molecule has 1 unspecified atom stereocenters. The quantitative estimate of drug-likeness (QED) is 0.152. The summed E-state index contributed by atoms with van der Waals surface area (Å²) in [5.41, 5.74) is 2.16. The first-order valence-electron chi connectivity index (χ1n) is 12.3. The van der Waals surface area contributed by atoms with Crippen molar-refractivity contribution in [1.82, 2.24) is 4.98 Å². The van der Waals surface area contributed by atoms with Crippen LogP contribution in [0.15, 0.2) is 54.0 Å². The zero-order valence-corrected chi connectivity index (χ0v) is 22.3. The number of Topliss-reactive ketones (excluding diaryl/α,β-unsaturated/α-hetero) is 1. The number of fused-ring (bicyclic) bond motifs is 1. The molecule has 4 rings (SSSR count). The average molecular weight is 540 g/mol. The highest BCUT2D eigenvalue weighted by molar-refractivity contribution is 7.17. The van der Waals surface area contributed by atoms with Gasteiger partial charge in [0.05, 0.1) is 18.4 Å². The lowest BCUT2D eigenvalue weighted by molar-refractivity contribution is 0.0472. The van der Waals surface area contributed by atoms with Gasteiger partial charge in [-0.2, -0.15) is 0 Å². The maximum atomic E-state index is 14.3. The molecular formula is C29H30FNO6S. The van der Waals surface area contributed by atoms with Crippen LogP contribution >= 0.6 is 11.3 Å². The van der Waals surface area contributed by atoms with Crippen molar-refractivity contribution in [3.63, 3.8) is 0 Å². The molecule has 0 aliphatic carbocycles. The second-order valence-corrected chi connectivity index (χ2v) is 9.46. The van der Waals surface area contributed by atoms with Crippen LogP contribution in [0.3, 0.4) is 0 Å². The smallest absolute Gasteiger partial charge is 0.188 e. The minimum absolute atomic E-state index is 0.0694. The summed E-state index contributed by atoms with van der Waals surface area (Å²) in [6.45, 7) is 2.49. The van der Waals surface area contributed by atoms with E-state index in [1.165, 1.54) is 31.6 Å². The van der Waals surface area contributed by atoms with E-state index in [0.717, 1.165) is 17.4 Å². The number of aliphatic hydroxyl groups excluding tert-OH is 1. The number of nitrogens with zero attached hydrogens (tertiary/aromatic N) is 1. The summed E-state index contributed by atoms with van der Waals surface area (Å²) in [6.07, 6.45) is 1.53. The van der Waals surface area contributed by atoms with E-state index in [0.29, 0.717) is 39.7 Å². The Labute approximate surface area is 224 Å². The summed E-state index contributed by atoms with van der Waals surface area (Å²) >= 11 is 1.29. The van der Waals surface area contributed by atoms with Crippen LogP contribution in [-0.4, -0.2) is 43.5 Å². The molecule has 0 amide bonds. The molecule has 38 heavy (non-hydrogen) atoms. The molecule has 0 aliphatic rings. The molecule has 0 bridgehead atoms.